The highest BCUT2D eigenvalue weighted by Crippen LogP contribution is 2.36. The third kappa shape index (κ3) is 3.04. The molecule has 1 heterocycles. The average Bonchev–Trinajstić information content (AvgIpc) is 2.67. The Balaban J connectivity index is 2.20. The van der Waals surface area contributed by atoms with Gasteiger partial charge in [0.15, 0.2) is 11.5 Å². The second kappa shape index (κ2) is 7.05. The van der Waals surface area contributed by atoms with Crippen LogP contribution in [0.1, 0.15) is 17.0 Å². The van der Waals surface area contributed by atoms with Crippen LogP contribution in [0.3, 0.4) is 0 Å². The minimum absolute atomic E-state index is 0.508. The van der Waals surface area contributed by atoms with Gasteiger partial charge in [0, 0.05) is 17.0 Å². The number of nitriles is 1. The summed E-state index contributed by atoms with van der Waals surface area (Å²) < 4.78 is 16.0. The molecule has 0 amide bonds. The van der Waals surface area contributed by atoms with Crippen molar-refractivity contribution >= 4 is 10.9 Å². The summed E-state index contributed by atoms with van der Waals surface area (Å²) in [4.78, 5) is 0. The Morgan fingerprint density at radius 1 is 1.00 bits per heavy atom. The third-order valence-corrected chi connectivity index (χ3v) is 4.04. The Morgan fingerprint density at radius 3 is 2.44 bits per heavy atom. The summed E-state index contributed by atoms with van der Waals surface area (Å²) in [6.07, 6.45) is 1.61. The van der Waals surface area contributed by atoms with Crippen molar-refractivity contribution in [2.75, 3.05) is 21.3 Å². The molecule has 0 aliphatic rings. The summed E-state index contributed by atoms with van der Waals surface area (Å²) in [7, 11) is 4.73. The quantitative estimate of drug-likeness (QED) is 0.712. The van der Waals surface area contributed by atoms with Gasteiger partial charge in [-0.2, -0.15) is 15.5 Å². The van der Waals surface area contributed by atoms with Crippen LogP contribution in [0.5, 0.6) is 17.2 Å². The molecule has 0 radical (unpaired) electrons. The maximum Gasteiger partial charge on any atom is 0.162 e. The summed E-state index contributed by atoms with van der Waals surface area (Å²) in [6.45, 7) is 0. The lowest BCUT2D eigenvalue weighted by atomic mass is 9.91. The Kier molecular flexibility index (Phi) is 4.66. The van der Waals surface area contributed by atoms with Gasteiger partial charge >= 0.3 is 0 Å². The number of methoxy groups -OCH3 is 3. The number of aromatic nitrogens is 2. The molecule has 126 valence electrons. The summed E-state index contributed by atoms with van der Waals surface area (Å²) >= 11 is 0. The molecule has 6 heteroatoms. The Labute approximate surface area is 145 Å². The molecule has 0 saturated heterocycles. The molecule has 6 nitrogen and oxygen atoms in total. The first-order chi connectivity index (χ1) is 12.2. The lowest BCUT2D eigenvalue weighted by molar-refractivity contribution is 0.355. The zero-order valence-electron chi connectivity index (χ0n) is 14.2. The average molecular weight is 335 g/mol. The van der Waals surface area contributed by atoms with Gasteiger partial charge in [-0.25, -0.2) is 0 Å². The fourth-order valence-electron chi connectivity index (χ4n) is 2.78. The molecule has 3 aromatic rings. The molecule has 0 N–H and O–H groups in total. The number of benzene rings is 2. The smallest absolute Gasteiger partial charge is 0.162 e. The molecular formula is C19H17N3O3. The first kappa shape index (κ1) is 16.5. The van der Waals surface area contributed by atoms with E-state index in [-0.39, 0.29) is 0 Å². The molecule has 1 unspecified atom stereocenters. The summed E-state index contributed by atoms with van der Waals surface area (Å²) in [5, 5.41) is 18.8. The fraction of sp³-hybridized carbons (Fsp3) is 0.211. The number of nitrogens with zero attached hydrogens (tertiary/aromatic N) is 3. The number of hydrogen-bond acceptors (Lipinski definition) is 6. The van der Waals surface area contributed by atoms with E-state index in [0.717, 1.165) is 16.5 Å². The topological polar surface area (TPSA) is 77.3 Å². The van der Waals surface area contributed by atoms with Crippen LogP contribution in [0.25, 0.3) is 10.9 Å². The van der Waals surface area contributed by atoms with Crippen molar-refractivity contribution in [3.05, 3.63) is 53.7 Å². The van der Waals surface area contributed by atoms with Crippen LogP contribution in [0.4, 0.5) is 0 Å². The Hall–Kier alpha value is -3.33. The highest BCUT2D eigenvalue weighted by molar-refractivity contribution is 5.86. The minimum atomic E-state index is -0.508. The van der Waals surface area contributed by atoms with Crippen LogP contribution in [-0.2, 0) is 0 Å². The van der Waals surface area contributed by atoms with Crippen LogP contribution in [0, 0.1) is 11.3 Å². The predicted octanol–water partition coefficient (Wildman–Crippen LogP) is 3.31. The summed E-state index contributed by atoms with van der Waals surface area (Å²) in [5.74, 6) is 1.33. The number of hydrogen-bond donors (Lipinski definition) is 0. The van der Waals surface area contributed by atoms with Gasteiger partial charge in [0.2, 0.25) is 0 Å². The standard InChI is InChI=1S/C19H17N3O3/c1-23-13-6-4-5-12(7-13)15(10-20)16-11-21-22-17-9-19(25-3)18(24-2)8-14(16)17/h4-9,11,15H,1-3H3. The van der Waals surface area contributed by atoms with Crippen molar-refractivity contribution in [2.24, 2.45) is 0 Å². The molecule has 2 aromatic carbocycles. The van der Waals surface area contributed by atoms with Gasteiger partial charge in [-0.1, -0.05) is 12.1 Å². The molecule has 0 bridgehead atoms. The van der Waals surface area contributed by atoms with Crippen LogP contribution in [0.2, 0.25) is 0 Å². The highest BCUT2D eigenvalue weighted by Gasteiger charge is 2.19. The van der Waals surface area contributed by atoms with E-state index in [2.05, 4.69) is 16.3 Å². The van der Waals surface area contributed by atoms with Crippen molar-refractivity contribution in [1.29, 1.82) is 5.26 Å². The third-order valence-electron chi connectivity index (χ3n) is 4.04. The van der Waals surface area contributed by atoms with E-state index in [1.165, 1.54) is 0 Å². The molecular weight excluding hydrogens is 318 g/mol. The summed E-state index contributed by atoms with van der Waals surface area (Å²) in [5.41, 5.74) is 2.21. The molecule has 3 rings (SSSR count). The number of fused-ring (bicyclic) bond motifs is 1. The van der Waals surface area contributed by atoms with Gasteiger partial charge in [0.05, 0.1) is 45.0 Å². The van der Waals surface area contributed by atoms with E-state index in [9.17, 15) is 5.26 Å². The van der Waals surface area contributed by atoms with Crippen molar-refractivity contribution in [3.63, 3.8) is 0 Å². The van der Waals surface area contributed by atoms with Gasteiger partial charge in [-0.05, 0) is 23.8 Å². The van der Waals surface area contributed by atoms with E-state index >= 15 is 0 Å². The molecule has 0 aliphatic carbocycles. The zero-order chi connectivity index (χ0) is 17.8. The van der Waals surface area contributed by atoms with Crippen molar-refractivity contribution in [2.45, 2.75) is 5.92 Å². The molecule has 1 aromatic heterocycles. The maximum atomic E-state index is 9.79. The SMILES string of the molecule is COc1cccc(C(C#N)c2cnnc3cc(OC)c(OC)cc23)c1. The van der Waals surface area contributed by atoms with E-state index in [1.807, 2.05) is 30.3 Å². The van der Waals surface area contributed by atoms with Gasteiger partial charge in [-0.15, -0.1) is 0 Å². The van der Waals surface area contributed by atoms with Crippen molar-refractivity contribution in [3.8, 4) is 23.3 Å². The first-order valence-corrected chi connectivity index (χ1v) is 7.62. The molecule has 1 atom stereocenters. The monoisotopic (exact) mass is 335 g/mol. The highest BCUT2D eigenvalue weighted by atomic mass is 16.5. The van der Waals surface area contributed by atoms with E-state index < -0.39 is 5.92 Å². The second-order valence-electron chi connectivity index (χ2n) is 5.36. The molecule has 0 aliphatic heterocycles. The van der Waals surface area contributed by atoms with Gasteiger partial charge < -0.3 is 14.2 Å². The first-order valence-electron chi connectivity index (χ1n) is 7.62. The van der Waals surface area contributed by atoms with Gasteiger partial charge in [-0.3, -0.25) is 0 Å². The van der Waals surface area contributed by atoms with E-state index in [4.69, 9.17) is 14.2 Å². The Bertz CT molecular complexity index is 950. The second-order valence-corrected chi connectivity index (χ2v) is 5.36. The molecule has 0 fully saturated rings. The molecule has 0 spiro atoms. The van der Waals surface area contributed by atoms with E-state index in [0.29, 0.717) is 22.8 Å². The fourth-order valence-corrected chi connectivity index (χ4v) is 2.78. The lowest BCUT2D eigenvalue weighted by Crippen LogP contribution is -2.02. The van der Waals surface area contributed by atoms with Gasteiger partial charge in [0.25, 0.3) is 0 Å². The molecule has 25 heavy (non-hydrogen) atoms. The number of rotatable bonds is 5. The van der Waals surface area contributed by atoms with Crippen LogP contribution < -0.4 is 14.2 Å². The van der Waals surface area contributed by atoms with Gasteiger partial charge in [0.1, 0.15) is 5.75 Å². The van der Waals surface area contributed by atoms with Crippen molar-refractivity contribution in [1.82, 2.24) is 10.2 Å². The zero-order valence-corrected chi connectivity index (χ0v) is 14.2. The van der Waals surface area contributed by atoms with Crippen LogP contribution in [-0.4, -0.2) is 31.5 Å². The van der Waals surface area contributed by atoms with Crippen molar-refractivity contribution < 1.29 is 14.2 Å². The maximum absolute atomic E-state index is 9.79. The van der Waals surface area contributed by atoms with E-state index in [1.54, 1.807) is 33.6 Å². The number of ether oxygens (including phenoxy) is 3. The Morgan fingerprint density at radius 2 is 1.76 bits per heavy atom. The minimum Gasteiger partial charge on any atom is -0.497 e. The normalized spacial score (nSPS) is 11.6. The predicted molar refractivity (Wildman–Crippen MR) is 93.1 cm³/mol. The largest absolute Gasteiger partial charge is 0.497 e. The lowest BCUT2D eigenvalue weighted by Gasteiger charge is -2.15. The van der Waals surface area contributed by atoms with Crippen LogP contribution in [0.15, 0.2) is 42.6 Å². The summed E-state index contributed by atoms with van der Waals surface area (Å²) in [6, 6.07) is 13.4. The molecule has 0 saturated carbocycles. The van der Waals surface area contributed by atoms with Crippen LogP contribution >= 0.6 is 0 Å².